The number of carbonyl (C=O) groups excluding carboxylic acids is 2. The third kappa shape index (κ3) is 4.48. The molecule has 31 heavy (non-hydrogen) atoms. The largest absolute Gasteiger partial charge is 0.426 e. The van der Waals surface area contributed by atoms with Gasteiger partial charge in [0.25, 0.3) is 10.0 Å². The number of carbonyl (C=O) groups is 2. The van der Waals surface area contributed by atoms with Crippen molar-refractivity contribution in [3.8, 4) is 5.75 Å². The molecule has 164 valence electrons. The van der Waals surface area contributed by atoms with Crippen LogP contribution in [0.5, 0.6) is 5.75 Å². The number of rotatable bonds is 5. The lowest BCUT2D eigenvalue weighted by atomic mass is 9.67. The summed E-state index contributed by atoms with van der Waals surface area (Å²) in [5.41, 5.74) is 0.438. The lowest BCUT2D eigenvalue weighted by Gasteiger charge is -2.36. The van der Waals surface area contributed by atoms with Gasteiger partial charge in [-0.15, -0.1) is 0 Å². The summed E-state index contributed by atoms with van der Waals surface area (Å²) in [6.07, 6.45) is 3.91. The number of Topliss-reactive ketones (excluding diaryl/α,β-unsaturated/α-hetero) is 1. The van der Waals surface area contributed by atoms with Gasteiger partial charge >= 0.3 is 5.97 Å². The van der Waals surface area contributed by atoms with E-state index in [1.807, 2.05) is 0 Å². The first-order valence-electron chi connectivity index (χ1n) is 10.4. The number of fused-ring (bicyclic) bond motifs is 2. The monoisotopic (exact) mass is 461 g/mol. The van der Waals surface area contributed by atoms with Gasteiger partial charge in [0.05, 0.1) is 16.5 Å². The van der Waals surface area contributed by atoms with Gasteiger partial charge in [-0.25, -0.2) is 8.42 Å². The summed E-state index contributed by atoms with van der Waals surface area (Å²) in [4.78, 5) is 25.0. The van der Waals surface area contributed by atoms with Crippen molar-refractivity contribution in [1.29, 1.82) is 0 Å². The fourth-order valence-electron chi connectivity index (χ4n) is 4.50. The molecule has 0 aromatic heterocycles. The van der Waals surface area contributed by atoms with E-state index in [0.717, 1.165) is 23.6 Å². The molecule has 2 bridgehead atoms. The van der Waals surface area contributed by atoms with Crippen LogP contribution in [-0.4, -0.2) is 27.2 Å². The summed E-state index contributed by atoms with van der Waals surface area (Å²) in [6.45, 7) is 0. The SMILES string of the molecule is CN(c1ccc(OC(=O)C2CC3CCCC(C2)C3=O)cc1)S(=O)(=O)c1ccc(Cl)cc1. The highest BCUT2D eigenvalue weighted by Gasteiger charge is 2.42. The first kappa shape index (κ1) is 21.8. The maximum absolute atomic E-state index is 12.8. The van der Waals surface area contributed by atoms with Crippen molar-refractivity contribution < 1.29 is 22.7 Å². The van der Waals surface area contributed by atoms with Gasteiger partial charge in [0.15, 0.2) is 0 Å². The quantitative estimate of drug-likeness (QED) is 0.485. The van der Waals surface area contributed by atoms with Crippen LogP contribution in [0.4, 0.5) is 5.69 Å². The second kappa shape index (κ2) is 8.63. The van der Waals surface area contributed by atoms with Gasteiger partial charge in [-0.2, -0.15) is 0 Å². The van der Waals surface area contributed by atoms with Gasteiger partial charge in [-0.05, 0) is 74.2 Å². The van der Waals surface area contributed by atoms with Gasteiger partial charge in [0.2, 0.25) is 0 Å². The second-order valence-electron chi connectivity index (χ2n) is 8.24. The third-order valence-corrected chi connectivity index (χ3v) is 8.32. The maximum Gasteiger partial charge on any atom is 0.314 e. The van der Waals surface area contributed by atoms with Crippen molar-refractivity contribution >= 4 is 39.1 Å². The summed E-state index contributed by atoms with van der Waals surface area (Å²) >= 11 is 5.84. The molecule has 2 aliphatic rings. The van der Waals surface area contributed by atoms with Gasteiger partial charge in [-0.1, -0.05) is 18.0 Å². The third-order valence-electron chi connectivity index (χ3n) is 6.27. The summed E-state index contributed by atoms with van der Waals surface area (Å²) in [5.74, 6) is 0.0518. The van der Waals surface area contributed by atoms with Crippen LogP contribution in [0.1, 0.15) is 32.1 Å². The van der Waals surface area contributed by atoms with E-state index >= 15 is 0 Å². The maximum atomic E-state index is 12.8. The van der Waals surface area contributed by atoms with Gasteiger partial charge < -0.3 is 4.74 Å². The first-order valence-corrected chi connectivity index (χ1v) is 12.2. The minimum Gasteiger partial charge on any atom is -0.426 e. The Bertz CT molecular complexity index is 1070. The normalized spacial score (nSPS) is 23.3. The number of anilines is 1. The summed E-state index contributed by atoms with van der Waals surface area (Å²) in [5, 5.41) is 0.457. The molecule has 2 aromatic rings. The first-order chi connectivity index (χ1) is 14.8. The molecule has 2 fully saturated rings. The molecular formula is C23H24ClNO5S. The molecule has 0 N–H and O–H groups in total. The average molecular weight is 462 g/mol. The van der Waals surface area contributed by atoms with E-state index in [2.05, 4.69) is 0 Å². The molecule has 2 aromatic carbocycles. The van der Waals surface area contributed by atoms with Gasteiger partial charge in [0, 0.05) is 23.9 Å². The zero-order chi connectivity index (χ0) is 22.2. The average Bonchev–Trinajstić information content (AvgIpc) is 2.74. The van der Waals surface area contributed by atoms with E-state index in [1.165, 1.54) is 31.3 Å². The Balaban J connectivity index is 1.43. The molecule has 0 amide bonds. The van der Waals surface area contributed by atoms with E-state index in [0.29, 0.717) is 35.1 Å². The topological polar surface area (TPSA) is 80.8 Å². The van der Waals surface area contributed by atoms with Crippen LogP contribution in [0.25, 0.3) is 0 Å². The van der Waals surface area contributed by atoms with Crippen LogP contribution < -0.4 is 9.04 Å². The number of ketones is 1. The van der Waals surface area contributed by atoms with Crippen molar-refractivity contribution in [1.82, 2.24) is 0 Å². The molecule has 8 heteroatoms. The summed E-state index contributed by atoms with van der Waals surface area (Å²) in [7, 11) is -2.28. The van der Waals surface area contributed by atoms with Gasteiger partial charge in [-0.3, -0.25) is 13.9 Å². The van der Waals surface area contributed by atoms with Crippen LogP contribution in [-0.2, 0) is 19.6 Å². The fraction of sp³-hybridized carbons (Fsp3) is 0.391. The molecule has 2 saturated carbocycles. The number of esters is 1. The van der Waals surface area contributed by atoms with Crippen molar-refractivity contribution in [2.45, 2.75) is 37.0 Å². The Morgan fingerprint density at radius 2 is 1.58 bits per heavy atom. The molecule has 0 aliphatic heterocycles. The second-order valence-corrected chi connectivity index (χ2v) is 10.6. The molecule has 4 rings (SSSR count). The van der Waals surface area contributed by atoms with Crippen LogP contribution in [0.15, 0.2) is 53.4 Å². The molecule has 2 unspecified atom stereocenters. The number of sulfonamides is 1. The zero-order valence-corrected chi connectivity index (χ0v) is 18.7. The lowest BCUT2D eigenvalue weighted by Crippen LogP contribution is -2.40. The van der Waals surface area contributed by atoms with Crippen molar-refractivity contribution in [3.05, 3.63) is 53.6 Å². The zero-order valence-electron chi connectivity index (χ0n) is 17.2. The predicted molar refractivity (Wildman–Crippen MR) is 118 cm³/mol. The van der Waals surface area contributed by atoms with Crippen LogP contribution in [0, 0.1) is 17.8 Å². The smallest absolute Gasteiger partial charge is 0.314 e. The van der Waals surface area contributed by atoms with Gasteiger partial charge in [0.1, 0.15) is 11.5 Å². The minimum atomic E-state index is -3.74. The molecule has 0 radical (unpaired) electrons. The number of hydrogen-bond acceptors (Lipinski definition) is 5. The summed E-state index contributed by atoms with van der Waals surface area (Å²) in [6, 6.07) is 12.3. The number of benzene rings is 2. The van der Waals surface area contributed by atoms with E-state index in [9.17, 15) is 18.0 Å². The molecular weight excluding hydrogens is 438 g/mol. The van der Waals surface area contributed by atoms with Crippen molar-refractivity contribution in [3.63, 3.8) is 0 Å². The Hall–Kier alpha value is -2.38. The highest BCUT2D eigenvalue weighted by molar-refractivity contribution is 7.92. The number of ether oxygens (including phenoxy) is 1. The van der Waals surface area contributed by atoms with E-state index < -0.39 is 10.0 Å². The molecule has 0 saturated heterocycles. The molecule has 6 nitrogen and oxygen atoms in total. The highest BCUT2D eigenvalue weighted by Crippen LogP contribution is 2.40. The minimum absolute atomic E-state index is 0.0147. The number of nitrogens with zero attached hydrogens (tertiary/aromatic N) is 1. The predicted octanol–water partition coefficient (Wildman–Crippen LogP) is 4.47. The van der Waals surface area contributed by atoms with Crippen LogP contribution in [0.3, 0.4) is 0 Å². The Kier molecular flexibility index (Phi) is 6.08. The fourth-order valence-corrected chi connectivity index (χ4v) is 5.82. The Morgan fingerprint density at radius 1 is 1.00 bits per heavy atom. The van der Waals surface area contributed by atoms with Crippen LogP contribution >= 0.6 is 11.6 Å². The van der Waals surface area contributed by atoms with E-state index in [1.54, 1.807) is 24.3 Å². The molecule has 2 atom stereocenters. The number of hydrogen-bond donors (Lipinski definition) is 0. The molecule has 0 spiro atoms. The van der Waals surface area contributed by atoms with E-state index in [-0.39, 0.29) is 28.6 Å². The Labute approximate surface area is 187 Å². The molecule has 2 aliphatic carbocycles. The lowest BCUT2D eigenvalue weighted by molar-refractivity contribution is -0.145. The Morgan fingerprint density at radius 3 is 2.16 bits per heavy atom. The van der Waals surface area contributed by atoms with E-state index in [4.69, 9.17) is 16.3 Å². The van der Waals surface area contributed by atoms with Crippen molar-refractivity contribution in [2.75, 3.05) is 11.4 Å². The number of halogens is 1. The van der Waals surface area contributed by atoms with Crippen molar-refractivity contribution in [2.24, 2.45) is 17.8 Å². The standard InChI is InChI=1S/C23H24ClNO5S/c1-25(31(28,29)21-11-5-18(24)6-12-21)19-7-9-20(10-8-19)30-23(27)17-13-15-3-2-4-16(14-17)22(15)26/h5-12,15-17H,2-4,13-14H2,1H3. The highest BCUT2D eigenvalue weighted by atomic mass is 35.5. The molecule has 0 heterocycles. The summed E-state index contributed by atoms with van der Waals surface area (Å²) < 4.78 is 32.3. The van der Waals surface area contributed by atoms with Crippen LogP contribution in [0.2, 0.25) is 5.02 Å².